The highest BCUT2D eigenvalue weighted by Crippen LogP contribution is 2.36. The zero-order chi connectivity index (χ0) is 27.4. The number of nitrogen functional groups attached to an aromatic ring is 2. The first-order valence-electron chi connectivity index (χ1n) is 13.6. The molecule has 0 amide bonds. The van der Waals surface area contributed by atoms with Crippen LogP contribution in [0.5, 0.6) is 0 Å². The Morgan fingerprint density at radius 1 is 0.897 bits per heavy atom. The van der Waals surface area contributed by atoms with E-state index in [1.807, 2.05) is 5.38 Å². The Bertz CT molecular complexity index is 1370. The molecule has 2 aromatic heterocycles. The average molecular weight is 543 g/mol. The van der Waals surface area contributed by atoms with Gasteiger partial charge in [-0.05, 0) is 55.1 Å². The number of hydrogen-bond donors (Lipinski definition) is 2. The molecule has 1 fully saturated rings. The predicted molar refractivity (Wildman–Crippen MR) is 164 cm³/mol. The molecular weight excluding hydrogens is 504 g/mol. The first kappa shape index (κ1) is 27.1. The van der Waals surface area contributed by atoms with Gasteiger partial charge in [0.15, 0.2) is 11.0 Å². The van der Waals surface area contributed by atoms with Gasteiger partial charge in [0, 0.05) is 56.4 Å². The Morgan fingerprint density at radius 3 is 2.28 bits per heavy atom. The number of thiazole rings is 1. The van der Waals surface area contributed by atoms with Gasteiger partial charge in [0.25, 0.3) is 0 Å². The second-order valence-corrected chi connectivity index (χ2v) is 11.1. The largest absolute Gasteiger partial charge is 0.384 e. The van der Waals surface area contributed by atoms with E-state index in [4.69, 9.17) is 16.5 Å². The lowest BCUT2D eigenvalue weighted by Crippen LogP contribution is -2.45. The zero-order valence-corrected chi connectivity index (χ0v) is 23.9. The van der Waals surface area contributed by atoms with E-state index >= 15 is 0 Å². The van der Waals surface area contributed by atoms with Crippen LogP contribution in [0.25, 0.3) is 22.6 Å². The number of benzene rings is 2. The predicted octanol–water partition coefficient (Wildman–Crippen LogP) is 5.08. The minimum Gasteiger partial charge on any atom is -0.384 e. The third kappa shape index (κ3) is 6.55. The fraction of sp³-hybridized carbons (Fsp3) is 0.367. The zero-order valence-electron chi connectivity index (χ0n) is 23.1. The number of aryl methyl sites for hydroxylation is 1. The van der Waals surface area contributed by atoms with Crippen molar-refractivity contribution in [3.05, 3.63) is 65.0 Å². The smallest absolute Gasteiger partial charge is 0.190 e. The molecule has 0 atom stereocenters. The molecule has 4 aromatic rings. The highest BCUT2D eigenvalue weighted by atomic mass is 32.1. The lowest BCUT2D eigenvalue weighted by atomic mass is 10.00. The molecule has 39 heavy (non-hydrogen) atoms. The van der Waals surface area contributed by atoms with Gasteiger partial charge in [0.2, 0.25) is 0 Å². The molecule has 0 radical (unpaired) electrons. The van der Waals surface area contributed by atoms with Gasteiger partial charge >= 0.3 is 0 Å². The molecule has 4 N–H and O–H groups in total. The summed E-state index contributed by atoms with van der Waals surface area (Å²) in [4.78, 5) is 20.8. The van der Waals surface area contributed by atoms with E-state index < -0.39 is 0 Å². The summed E-state index contributed by atoms with van der Waals surface area (Å²) in [7, 11) is 2.20. The summed E-state index contributed by atoms with van der Waals surface area (Å²) in [5, 5.41) is 2.86. The summed E-state index contributed by atoms with van der Waals surface area (Å²) in [5.41, 5.74) is 18.6. The van der Waals surface area contributed by atoms with E-state index in [9.17, 15) is 0 Å². The number of piperazine rings is 1. The van der Waals surface area contributed by atoms with Gasteiger partial charge < -0.3 is 26.2 Å². The number of likely N-dealkylation sites (N-methyl/N-ethyl adjacent to an activating group) is 1. The van der Waals surface area contributed by atoms with Gasteiger partial charge in [-0.2, -0.15) is 0 Å². The van der Waals surface area contributed by atoms with Crippen LogP contribution in [0, 0.1) is 6.92 Å². The number of nitrogens with zero attached hydrogens (tertiary/aromatic N) is 6. The van der Waals surface area contributed by atoms with E-state index in [0.29, 0.717) is 23.2 Å². The number of hydrogen-bond acceptors (Lipinski definition) is 9. The van der Waals surface area contributed by atoms with Crippen molar-refractivity contribution >= 4 is 33.8 Å². The van der Waals surface area contributed by atoms with Crippen LogP contribution in [-0.2, 0) is 6.42 Å². The Kier molecular flexibility index (Phi) is 8.40. The van der Waals surface area contributed by atoms with Crippen LogP contribution in [0.3, 0.4) is 0 Å². The highest BCUT2D eigenvalue weighted by Gasteiger charge is 2.18. The van der Waals surface area contributed by atoms with Crippen molar-refractivity contribution in [3.63, 3.8) is 0 Å². The van der Waals surface area contributed by atoms with Crippen LogP contribution in [0.2, 0.25) is 0 Å². The minimum absolute atomic E-state index is 0.339. The Labute approximate surface area is 235 Å². The van der Waals surface area contributed by atoms with Crippen LogP contribution >= 0.6 is 11.3 Å². The van der Waals surface area contributed by atoms with Crippen molar-refractivity contribution < 1.29 is 0 Å². The van der Waals surface area contributed by atoms with E-state index in [1.54, 1.807) is 17.4 Å². The third-order valence-electron chi connectivity index (χ3n) is 7.26. The second kappa shape index (κ2) is 12.1. The summed E-state index contributed by atoms with van der Waals surface area (Å²) in [6, 6.07) is 17.3. The van der Waals surface area contributed by atoms with Gasteiger partial charge in [-0.1, -0.05) is 43.3 Å². The van der Waals surface area contributed by atoms with E-state index in [-0.39, 0.29) is 0 Å². The van der Waals surface area contributed by atoms with E-state index in [2.05, 4.69) is 88.0 Å². The molecule has 9 heteroatoms. The van der Waals surface area contributed by atoms with Crippen molar-refractivity contribution in [2.75, 3.05) is 62.7 Å². The normalized spacial score (nSPS) is 14.5. The minimum atomic E-state index is 0.339. The van der Waals surface area contributed by atoms with Gasteiger partial charge in [-0.3, -0.25) is 0 Å². The molecule has 0 bridgehead atoms. The number of anilines is 4. The Balaban J connectivity index is 1.35. The monoisotopic (exact) mass is 542 g/mol. The van der Waals surface area contributed by atoms with Crippen molar-refractivity contribution in [3.8, 4) is 22.6 Å². The maximum atomic E-state index is 5.89. The maximum Gasteiger partial charge on any atom is 0.190 e. The van der Waals surface area contributed by atoms with Crippen molar-refractivity contribution in [1.29, 1.82) is 0 Å². The van der Waals surface area contributed by atoms with Crippen LogP contribution < -0.4 is 16.4 Å². The highest BCUT2D eigenvalue weighted by molar-refractivity contribution is 7.14. The SMILES string of the molecule is CCCN(c1nc(-c2nc(N)cc(N)n2)cs1)c1cc(-c2ccc(CCN3CCN(C)CC3)cc2)ccc1C. The summed E-state index contributed by atoms with van der Waals surface area (Å²) in [6.45, 7) is 11.0. The van der Waals surface area contributed by atoms with E-state index in [0.717, 1.165) is 62.9 Å². The van der Waals surface area contributed by atoms with E-state index in [1.165, 1.54) is 22.3 Å². The molecule has 0 unspecified atom stereocenters. The van der Waals surface area contributed by atoms with Crippen LogP contribution in [0.15, 0.2) is 53.9 Å². The molecule has 8 nitrogen and oxygen atoms in total. The Hall–Kier alpha value is -3.53. The number of aromatic nitrogens is 3. The molecule has 0 saturated carbocycles. The summed E-state index contributed by atoms with van der Waals surface area (Å²) < 4.78 is 0. The summed E-state index contributed by atoms with van der Waals surface area (Å²) in [6.07, 6.45) is 2.07. The lowest BCUT2D eigenvalue weighted by molar-refractivity contribution is 0.155. The van der Waals surface area contributed by atoms with Crippen molar-refractivity contribution in [2.45, 2.75) is 26.7 Å². The van der Waals surface area contributed by atoms with Crippen molar-refractivity contribution in [2.24, 2.45) is 0 Å². The summed E-state index contributed by atoms with van der Waals surface area (Å²) in [5.74, 6) is 1.13. The molecule has 2 aromatic carbocycles. The van der Waals surface area contributed by atoms with Crippen molar-refractivity contribution in [1.82, 2.24) is 24.8 Å². The standard InChI is InChI=1S/C30H38N8S/c1-4-12-38(30-33-25(20-39-30)29-34-27(31)19-28(32)35-29)26-18-24(8-5-21(26)2)23-9-6-22(7-10-23)11-13-37-16-14-36(3)15-17-37/h5-10,18-20H,4,11-17H2,1-3H3,(H4,31,32,34,35). The van der Waals surface area contributed by atoms with Gasteiger partial charge in [-0.15, -0.1) is 11.3 Å². The molecule has 204 valence electrons. The molecule has 0 aliphatic carbocycles. The Morgan fingerprint density at radius 2 is 1.59 bits per heavy atom. The summed E-state index contributed by atoms with van der Waals surface area (Å²) >= 11 is 1.58. The number of nitrogens with two attached hydrogens (primary N) is 2. The topological polar surface area (TPSA) is 100 Å². The first-order chi connectivity index (χ1) is 18.9. The molecule has 1 aliphatic heterocycles. The molecule has 5 rings (SSSR count). The van der Waals surface area contributed by atoms with Gasteiger partial charge in [0.05, 0.1) is 0 Å². The molecule has 0 spiro atoms. The molecule has 1 aliphatic rings. The molecular formula is C30H38N8S. The fourth-order valence-electron chi connectivity index (χ4n) is 4.94. The second-order valence-electron chi connectivity index (χ2n) is 10.3. The van der Waals surface area contributed by atoms with Crippen LogP contribution in [-0.4, -0.2) is 71.1 Å². The lowest BCUT2D eigenvalue weighted by Gasteiger charge is -2.32. The fourth-order valence-corrected chi connectivity index (χ4v) is 5.78. The van der Waals surface area contributed by atoms with Crippen LogP contribution in [0.1, 0.15) is 24.5 Å². The molecule has 3 heterocycles. The maximum absolute atomic E-state index is 5.89. The average Bonchev–Trinajstić information content (AvgIpc) is 3.42. The first-order valence-corrected chi connectivity index (χ1v) is 14.5. The van der Waals surface area contributed by atoms with Crippen LogP contribution in [0.4, 0.5) is 22.5 Å². The quantitative estimate of drug-likeness (QED) is 0.302. The third-order valence-corrected chi connectivity index (χ3v) is 8.13. The van der Waals surface area contributed by atoms with Gasteiger partial charge in [0.1, 0.15) is 17.3 Å². The molecule has 1 saturated heterocycles. The van der Waals surface area contributed by atoms with Gasteiger partial charge in [-0.25, -0.2) is 15.0 Å². The number of rotatable bonds is 9.